The Morgan fingerprint density at radius 3 is 2.22 bits per heavy atom. The number of ether oxygens (including phenoxy) is 1. The van der Waals surface area contributed by atoms with Gasteiger partial charge in [0.1, 0.15) is 11.6 Å². The Hall–Kier alpha value is -4.77. The second-order valence-electron chi connectivity index (χ2n) is 12.0. The number of nitrogens with one attached hydrogen (secondary N) is 3. The van der Waals surface area contributed by atoms with Gasteiger partial charge in [0.2, 0.25) is 11.7 Å². The molecule has 13 nitrogen and oxygen atoms in total. The van der Waals surface area contributed by atoms with Crippen molar-refractivity contribution in [3.63, 3.8) is 0 Å². The number of alkyl halides is 3. The van der Waals surface area contributed by atoms with Gasteiger partial charge in [-0.05, 0) is 56.0 Å². The number of hydrogen-bond acceptors (Lipinski definition) is 9. The summed E-state index contributed by atoms with van der Waals surface area (Å²) in [5, 5.41) is 16.4. The Labute approximate surface area is 291 Å². The molecule has 4 rings (SSSR count). The first kappa shape index (κ1) is 39.7. The fraction of sp³-hybridized carbons (Fsp3) is 0.455. The van der Waals surface area contributed by atoms with Crippen molar-refractivity contribution in [2.45, 2.75) is 69.8 Å². The van der Waals surface area contributed by atoms with Crippen LogP contribution in [0.3, 0.4) is 0 Å². The number of carbonyl (C=O) groups excluding carboxylic acids is 3. The number of para-hydroxylation sites is 1. The van der Waals surface area contributed by atoms with Crippen molar-refractivity contribution in [3.8, 4) is 0 Å². The SMILES string of the molecule is CC(C)C[C@H](NC(=O)OC1(c2ccccc2)CCNCC1)C(=O)N[C@@H](CCCN=C(N)N)C(=O)c1nc2ccccc2s1.O=C(O)C(F)(F)F. The molecular weight excluding hydrogens is 679 g/mol. The number of ketones is 1. The zero-order valence-corrected chi connectivity index (χ0v) is 28.5. The first-order chi connectivity index (χ1) is 23.6. The number of benzene rings is 2. The molecule has 1 fully saturated rings. The molecule has 1 aliphatic heterocycles. The van der Waals surface area contributed by atoms with Gasteiger partial charge in [0.15, 0.2) is 11.0 Å². The van der Waals surface area contributed by atoms with Crippen molar-refractivity contribution in [1.29, 1.82) is 0 Å². The van der Waals surface area contributed by atoms with Crippen LogP contribution in [0.5, 0.6) is 0 Å². The number of carboxylic acids is 1. The normalized spacial score (nSPS) is 15.2. The summed E-state index contributed by atoms with van der Waals surface area (Å²) in [6.45, 7) is 5.63. The number of fused-ring (bicyclic) bond motifs is 1. The average molecular weight is 722 g/mol. The van der Waals surface area contributed by atoms with Crippen molar-refractivity contribution < 1.29 is 42.2 Å². The van der Waals surface area contributed by atoms with Crippen molar-refractivity contribution >= 4 is 51.3 Å². The van der Waals surface area contributed by atoms with Gasteiger partial charge in [-0.2, -0.15) is 13.2 Å². The number of nitrogens with two attached hydrogens (primary N) is 2. The first-order valence-electron chi connectivity index (χ1n) is 15.9. The zero-order chi connectivity index (χ0) is 36.9. The topological polar surface area (TPSA) is 211 Å². The van der Waals surface area contributed by atoms with E-state index in [1.807, 2.05) is 68.4 Å². The maximum Gasteiger partial charge on any atom is 0.490 e. The number of alkyl carbamates (subject to hydrolysis) is 1. The van der Waals surface area contributed by atoms with Gasteiger partial charge in [0, 0.05) is 19.4 Å². The molecule has 0 spiro atoms. The van der Waals surface area contributed by atoms with Gasteiger partial charge in [0.05, 0.1) is 16.3 Å². The van der Waals surface area contributed by atoms with Gasteiger partial charge in [-0.15, -0.1) is 11.3 Å². The summed E-state index contributed by atoms with van der Waals surface area (Å²) in [7, 11) is 0. The second kappa shape index (κ2) is 18.3. The maximum absolute atomic E-state index is 13.7. The van der Waals surface area contributed by atoms with Crippen molar-refractivity contribution in [1.82, 2.24) is 20.9 Å². The number of nitrogens with zero attached hydrogens (tertiary/aromatic N) is 2. The van der Waals surface area contributed by atoms with Crippen LogP contribution in [0.1, 0.15) is 61.3 Å². The van der Waals surface area contributed by atoms with Crippen LogP contribution in [0.2, 0.25) is 0 Å². The molecule has 2 atom stereocenters. The molecule has 1 aliphatic rings. The molecule has 0 unspecified atom stereocenters. The molecular formula is C33H42F3N7O6S. The third kappa shape index (κ3) is 12.0. The van der Waals surface area contributed by atoms with Gasteiger partial charge in [-0.3, -0.25) is 14.6 Å². The Kier molecular flexibility index (Phi) is 14.5. The standard InChI is InChI=1S/C31H41N7O4S.C2HF3O2/c1-20(2)19-24(38-30(41)42-31(14-17-34-18-15-31)21-9-4-3-5-10-21)27(40)36-23(12-8-16-35-29(32)33)26(39)28-37-22-11-6-7-13-25(22)43-28;3-2(4,5)1(6)7/h3-7,9-11,13,20,23-24,34H,8,12,14-19H2,1-2H3,(H,36,40)(H,38,41)(H4,32,33,35);(H,6,7)/t23-,24-;/m0./s1. The summed E-state index contributed by atoms with van der Waals surface area (Å²) in [6.07, 6.45) is -3.43. The highest BCUT2D eigenvalue weighted by Gasteiger charge is 2.39. The van der Waals surface area contributed by atoms with Crippen LogP contribution in [0.25, 0.3) is 10.2 Å². The van der Waals surface area contributed by atoms with Gasteiger partial charge in [-0.25, -0.2) is 14.6 Å². The lowest BCUT2D eigenvalue weighted by atomic mass is 9.85. The lowest BCUT2D eigenvalue weighted by Crippen LogP contribution is -2.53. The molecule has 2 amide bonds. The van der Waals surface area contributed by atoms with Crippen LogP contribution in [0.15, 0.2) is 59.6 Å². The molecule has 0 saturated carbocycles. The molecule has 0 radical (unpaired) electrons. The molecule has 17 heteroatoms. The van der Waals surface area contributed by atoms with Crippen LogP contribution < -0.4 is 27.4 Å². The smallest absolute Gasteiger partial charge is 0.475 e. The van der Waals surface area contributed by atoms with E-state index < -0.39 is 41.8 Å². The number of carbonyl (C=O) groups is 4. The van der Waals surface area contributed by atoms with Gasteiger partial charge in [-0.1, -0.05) is 56.3 Å². The number of halogens is 3. The van der Waals surface area contributed by atoms with Crippen LogP contribution >= 0.6 is 11.3 Å². The molecule has 3 aromatic rings. The fourth-order valence-corrected chi connectivity index (χ4v) is 6.21. The summed E-state index contributed by atoms with van der Waals surface area (Å²) in [5.41, 5.74) is 11.7. The number of aromatic nitrogens is 1. The van der Waals surface area contributed by atoms with Crippen LogP contribution in [-0.4, -0.2) is 77.7 Å². The quantitative estimate of drug-likeness (QED) is 0.0645. The fourth-order valence-electron chi connectivity index (χ4n) is 5.25. The lowest BCUT2D eigenvalue weighted by molar-refractivity contribution is -0.192. The number of guanidine groups is 1. The monoisotopic (exact) mass is 721 g/mol. The van der Waals surface area contributed by atoms with Crippen molar-refractivity contribution in [2.75, 3.05) is 19.6 Å². The molecule has 1 aromatic heterocycles. The van der Waals surface area contributed by atoms with Gasteiger partial charge in [0.25, 0.3) is 0 Å². The summed E-state index contributed by atoms with van der Waals surface area (Å²) in [6, 6.07) is 15.4. The predicted molar refractivity (Wildman–Crippen MR) is 183 cm³/mol. The molecule has 8 N–H and O–H groups in total. The van der Waals surface area contributed by atoms with E-state index in [0.29, 0.717) is 62.3 Å². The number of amides is 2. The van der Waals surface area contributed by atoms with E-state index in [0.717, 1.165) is 10.3 Å². The van der Waals surface area contributed by atoms with Crippen molar-refractivity contribution in [2.24, 2.45) is 22.4 Å². The molecule has 0 aliphatic carbocycles. The Balaban J connectivity index is 0.000000872. The largest absolute Gasteiger partial charge is 0.490 e. The number of Topliss-reactive ketones (excluding diaryl/α,β-unsaturated/α-hetero) is 1. The minimum Gasteiger partial charge on any atom is -0.475 e. The number of thiazole rings is 1. The minimum absolute atomic E-state index is 0.0418. The first-order valence-corrected chi connectivity index (χ1v) is 16.7. The molecule has 50 heavy (non-hydrogen) atoms. The van der Waals surface area contributed by atoms with Gasteiger partial charge < -0.3 is 37.3 Å². The molecule has 2 heterocycles. The number of piperidine rings is 1. The number of carboxylic acid groups (broad SMARTS) is 1. The highest BCUT2D eigenvalue weighted by atomic mass is 32.1. The second-order valence-corrected chi connectivity index (χ2v) is 13.0. The minimum atomic E-state index is -5.08. The summed E-state index contributed by atoms with van der Waals surface area (Å²) in [4.78, 5) is 58.1. The van der Waals surface area contributed by atoms with Gasteiger partial charge >= 0.3 is 18.2 Å². The van der Waals surface area contributed by atoms with E-state index in [1.165, 1.54) is 11.3 Å². The summed E-state index contributed by atoms with van der Waals surface area (Å²) < 4.78 is 38.7. The summed E-state index contributed by atoms with van der Waals surface area (Å²) in [5.74, 6) is -3.49. The third-order valence-electron chi connectivity index (χ3n) is 7.64. The van der Waals surface area contributed by atoms with E-state index >= 15 is 0 Å². The highest BCUT2D eigenvalue weighted by Crippen LogP contribution is 2.35. The van der Waals surface area contributed by atoms with Crippen LogP contribution in [0.4, 0.5) is 18.0 Å². The Morgan fingerprint density at radius 2 is 1.64 bits per heavy atom. The molecule has 1 saturated heterocycles. The number of rotatable bonds is 13. The molecule has 272 valence electrons. The number of hydrogen-bond donors (Lipinski definition) is 6. The number of aliphatic carboxylic acids is 1. The molecule has 0 bridgehead atoms. The lowest BCUT2D eigenvalue weighted by Gasteiger charge is -2.38. The maximum atomic E-state index is 13.7. The van der Waals surface area contributed by atoms with E-state index in [4.69, 9.17) is 26.1 Å². The highest BCUT2D eigenvalue weighted by molar-refractivity contribution is 7.20. The molecule has 2 aromatic carbocycles. The van der Waals surface area contributed by atoms with E-state index in [-0.39, 0.29) is 17.7 Å². The third-order valence-corrected chi connectivity index (χ3v) is 8.69. The van der Waals surface area contributed by atoms with E-state index in [9.17, 15) is 27.6 Å². The Morgan fingerprint density at radius 1 is 1.02 bits per heavy atom. The zero-order valence-electron chi connectivity index (χ0n) is 27.7. The average Bonchev–Trinajstić information content (AvgIpc) is 3.50. The van der Waals surface area contributed by atoms with Crippen LogP contribution in [0, 0.1) is 5.92 Å². The predicted octanol–water partition coefficient (Wildman–Crippen LogP) is 4.07. The van der Waals surface area contributed by atoms with Crippen LogP contribution in [-0.2, 0) is 19.9 Å². The van der Waals surface area contributed by atoms with E-state index in [2.05, 4.69) is 25.9 Å². The van der Waals surface area contributed by atoms with Crippen molar-refractivity contribution in [3.05, 3.63) is 65.2 Å². The number of aliphatic imine (C=N–C) groups is 1. The van der Waals surface area contributed by atoms with E-state index in [1.54, 1.807) is 0 Å². The summed E-state index contributed by atoms with van der Waals surface area (Å²) >= 11 is 1.28. The Bertz CT molecular complexity index is 1590.